The van der Waals surface area contributed by atoms with E-state index >= 15 is 0 Å². The van der Waals surface area contributed by atoms with Crippen molar-refractivity contribution < 1.29 is 9.47 Å². The van der Waals surface area contributed by atoms with Crippen LogP contribution in [0.4, 0.5) is 0 Å². The highest BCUT2D eigenvalue weighted by molar-refractivity contribution is 14.0. The Labute approximate surface area is 177 Å². The van der Waals surface area contributed by atoms with Crippen molar-refractivity contribution in [3.63, 3.8) is 0 Å². The molecule has 8 heteroatoms. The molecule has 0 radical (unpaired) electrons. The van der Waals surface area contributed by atoms with Crippen LogP contribution in [0.5, 0.6) is 11.5 Å². The number of ether oxygens (including phenoxy) is 2. The Morgan fingerprint density at radius 2 is 1.85 bits per heavy atom. The van der Waals surface area contributed by atoms with E-state index in [1.54, 1.807) is 7.05 Å². The summed E-state index contributed by atoms with van der Waals surface area (Å²) in [6, 6.07) is 6.04. The van der Waals surface area contributed by atoms with Gasteiger partial charge in [0.05, 0.1) is 18.9 Å². The first-order valence-electron chi connectivity index (χ1n) is 8.90. The summed E-state index contributed by atoms with van der Waals surface area (Å²) in [5.41, 5.74) is 4.51. The molecule has 0 atom stereocenters. The van der Waals surface area contributed by atoms with Crippen molar-refractivity contribution in [1.29, 1.82) is 0 Å². The van der Waals surface area contributed by atoms with Gasteiger partial charge in [0.1, 0.15) is 0 Å². The van der Waals surface area contributed by atoms with Crippen LogP contribution in [0.3, 0.4) is 0 Å². The molecule has 1 aromatic carbocycles. The number of halogens is 1. The molecule has 7 nitrogen and oxygen atoms in total. The van der Waals surface area contributed by atoms with Crippen molar-refractivity contribution in [2.45, 2.75) is 33.4 Å². The third kappa shape index (κ3) is 5.27. The molecule has 0 saturated carbocycles. The van der Waals surface area contributed by atoms with E-state index in [0.717, 1.165) is 40.8 Å². The summed E-state index contributed by atoms with van der Waals surface area (Å²) >= 11 is 0. The SMILES string of the molecule is CN=C(NCc1ccc2c(c1)OCCCO2)NCc1c(C)nn(C)c1C.I. The lowest BCUT2D eigenvalue weighted by molar-refractivity contribution is 0.297. The molecule has 0 amide bonds. The van der Waals surface area contributed by atoms with Crippen LogP contribution in [0.25, 0.3) is 0 Å². The van der Waals surface area contributed by atoms with Gasteiger partial charge in [0.15, 0.2) is 17.5 Å². The molecule has 3 rings (SSSR count). The number of aromatic nitrogens is 2. The summed E-state index contributed by atoms with van der Waals surface area (Å²) in [5.74, 6) is 2.38. The van der Waals surface area contributed by atoms with Gasteiger partial charge in [-0.25, -0.2) is 0 Å². The van der Waals surface area contributed by atoms with E-state index in [1.807, 2.05) is 36.9 Å². The number of guanidine groups is 1. The number of fused-ring (bicyclic) bond motifs is 1. The lowest BCUT2D eigenvalue weighted by Crippen LogP contribution is -2.36. The van der Waals surface area contributed by atoms with Crippen molar-refractivity contribution in [2.24, 2.45) is 12.0 Å². The Morgan fingerprint density at radius 1 is 1.15 bits per heavy atom. The summed E-state index contributed by atoms with van der Waals surface area (Å²) in [4.78, 5) is 4.30. The first-order valence-corrected chi connectivity index (χ1v) is 8.90. The Hall–Kier alpha value is -1.97. The topological polar surface area (TPSA) is 72.7 Å². The molecular weight excluding hydrogens is 457 g/mol. The monoisotopic (exact) mass is 485 g/mol. The van der Waals surface area contributed by atoms with Gasteiger partial charge in [0.25, 0.3) is 0 Å². The lowest BCUT2D eigenvalue weighted by atomic mass is 10.2. The quantitative estimate of drug-likeness (QED) is 0.396. The highest BCUT2D eigenvalue weighted by atomic mass is 127. The summed E-state index contributed by atoms with van der Waals surface area (Å²) in [6.45, 7) is 6.84. The molecule has 0 saturated heterocycles. The Kier molecular flexibility index (Phi) is 7.76. The van der Waals surface area contributed by atoms with Crippen molar-refractivity contribution in [3.05, 3.63) is 40.7 Å². The van der Waals surface area contributed by atoms with Crippen molar-refractivity contribution in [3.8, 4) is 11.5 Å². The Morgan fingerprint density at radius 3 is 2.52 bits per heavy atom. The lowest BCUT2D eigenvalue weighted by Gasteiger charge is -2.13. The average molecular weight is 485 g/mol. The van der Waals surface area contributed by atoms with Crippen LogP contribution < -0.4 is 20.1 Å². The van der Waals surface area contributed by atoms with Gasteiger partial charge in [0.2, 0.25) is 0 Å². The fourth-order valence-corrected chi connectivity index (χ4v) is 2.97. The van der Waals surface area contributed by atoms with Crippen LogP contribution in [0, 0.1) is 13.8 Å². The summed E-state index contributed by atoms with van der Waals surface area (Å²) < 4.78 is 13.3. The zero-order valence-electron chi connectivity index (χ0n) is 16.3. The summed E-state index contributed by atoms with van der Waals surface area (Å²) in [5, 5.41) is 11.1. The molecule has 1 aliphatic rings. The van der Waals surface area contributed by atoms with Gasteiger partial charge in [-0.15, -0.1) is 24.0 Å². The number of hydrogen-bond donors (Lipinski definition) is 2. The minimum atomic E-state index is 0. The van der Waals surface area contributed by atoms with Gasteiger partial charge >= 0.3 is 0 Å². The predicted octanol–water partition coefficient (Wildman–Crippen LogP) is 2.68. The highest BCUT2D eigenvalue weighted by Crippen LogP contribution is 2.30. The standard InChI is InChI=1S/C19H27N5O2.HI/c1-13-16(14(2)24(4)23-13)12-22-19(20-3)21-11-15-6-7-17-18(10-15)26-9-5-8-25-17;/h6-7,10H,5,8-9,11-12H2,1-4H3,(H2,20,21,22);1H. The van der Waals surface area contributed by atoms with Crippen LogP contribution in [0.1, 0.15) is 28.9 Å². The molecule has 0 fully saturated rings. The number of rotatable bonds is 4. The molecule has 1 aromatic heterocycles. The molecule has 0 unspecified atom stereocenters. The number of aryl methyl sites for hydroxylation is 2. The third-order valence-electron chi connectivity index (χ3n) is 4.59. The number of nitrogens with zero attached hydrogens (tertiary/aromatic N) is 3. The highest BCUT2D eigenvalue weighted by Gasteiger charge is 2.12. The van der Waals surface area contributed by atoms with E-state index in [9.17, 15) is 0 Å². The van der Waals surface area contributed by atoms with Crippen LogP contribution in [-0.4, -0.2) is 36.0 Å². The molecule has 27 heavy (non-hydrogen) atoms. The fraction of sp³-hybridized carbons (Fsp3) is 0.474. The number of nitrogens with one attached hydrogen (secondary N) is 2. The first kappa shape index (κ1) is 21.3. The summed E-state index contributed by atoms with van der Waals surface area (Å²) in [6.07, 6.45) is 0.909. The van der Waals surface area contributed by atoms with E-state index in [2.05, 4.69) is 27.6 Å². The van der Waals surface area contributed by atoms with E-state index in [-0.39, 0.29) is 24.0 Å². The number of benzene rings is 1. The second kappa shape index (κ2) is 9.82. The van der Waals surface area contributed by atoms with E-state index in [0.29, 0.717) is 26.3 Å². The van der Waals surface area contributed by atoms with E-state index in [4.69, 9.17) is 9.47 Å². The molecule has 1 aliphatic heterocycles. The Balaban J connectivity index is 0.00000261. The molecular formula is C19H28IN5O2. The maximum Gasteiger partial charge on any atom is 0.191 e. The van der Waals surface area contributed by atoms with Crippen molar-refractivity contribution >= 4 is 29.9 Å². The largest absolute Gasteiger partial charge is 0.490 e. The van der Waals surface area contributed by atoms with Gasteiger partial charge in [0, 0.05) is 44.9 Å². The van der Waals surface area contributed by atoms with Crippen LogP contribution in [0.2, 0.25) is 0 Å². The maximum atomic E-state index is 5.75. The fourth-order valence-electron chi connectivity index (χ4n) is 2.97. The second-order valence-corrected chi connectivity index (χ2v) is 6.38. The van der Waals surface area contributed by atoms with Crippen LogP contribution in [-0.2, 0) is 20.1 Å². The van der Waals surface area contributed by atoms with Gasteiger partial charge < -0.3 is 20.1 Å². The molecule has 0 spiro atoms. The minimum absolute atomic E-state index is 0. The normalized spacial score (nSPS) is 13.6. The van der Waals surface area contributed by atoms with E-state index in [1.165, 1.54) is 5.56 Å². The van der Waals surface area contributed by atoms with Gasteiger partial charge in [-0.2, -0.15) is 5.10 Å². The number of hydrogen-bond acceptors (Lipinski definition) is 4. The van der Waals surface area contributed by atoms with E-state index < -0.39 is 0 Å². The number of aliphatic imine (C=N–C) groups is 1. The average Bonchev–Trinajstić information content (AvgIpc) is 2.82. The zero-order valence-corrected chi connectivity index (χ0v) is 18.7. The van der Waals surface area contributed by atoms with Crippen LogP contribution in [0.15, 0.2) is 23.2 Å². The minimum Gasteiger partial charge on any atom is -0.490 e. The molecule has 2 N–H and O–H groups in total. The van der Waals surface area contributed by atoms with Gasteiger partial charge in [-0.05, 0) is 31.5 Å². The van der Waals surface area contributed by atoms with Gasteiger partial charge in [-0.1, -0.05) is 6.07 Å². The molecule has 2 heterocycles. The van der Waals surface area contributed by atoms with Crippen molar-refractivity contribution in [1.82, 2.24) is 20.4 Å². The molecule has 148 valence electrons. The maximum absolute atomic E-state index is 5.75. The zero-order chi connectivity index (χ0) is 18.5. The van der Waals surface area contributed by atoms with Gasteiger partial charge in [-0.3, -0.25) is 9.67 Å². The third-order valence-corrected chi connectivity index (χ3v) is 4.59. The van der Waals surface area contributed by atoms with Crippen molar-refractivity contribution in [2.75, 3.05) is 20.3 Å². The Bertz CT molecular complexity index is 804. The smallest absolute Gasteiger partial charge is 0.191 e. The molecule has 2 aromatic rings. The first-order chi connectivity index (χ1) is 12.6. The second-order valence-electron chi connectivity index (χ2n) is 6.38. The predicted molar refractivity (Wildman–Crippen MR) is 117 cm³/mol. The van der Waals surface area contributed by atoms with Crippen LogP contribution >= 0.6 is 24.0 Å². The summed E-state index contributed by atoms with van der Waals surface area (Å²) in [7, 11) is 3.73. The molecule has 0 bridgehead atoms. The molecule has 0 aliphatic carbocycles.